The van der Waals surface area contributed by atoms with Crippen LogP contribution in [0.3, 0.4) is 0 Å². The van der Waals surface area contributed by atoms with Crippen molar-refractivity contribution in [1.29, 1.82) is 0 Å². The third kappa shape index (κ3) is 3.29. The third-order valence-electron chi connectivity index (χ3n) is 2.45. The monoisotopic (exact) mass is 233 g/mol. The van der Waals surface area contributed by atoms with Crippen LogP contribution in [0.2, 0.25) is 0 Å². The first kappa shape index (κ1) is 11.6. The molecule has 5 heteroatoms. The summed E-state index contributed by atoms with van der Waals surface area (Å²) >= 11 is 0. The summed E-state index contributed by atoms with van der Waals surface area (Å²) in [4.78, 5) is 4.17. The number of nitrogens with two attached hydrogens (primary N) is 1. The number of hydrogen-bond donors (Lipinski definition) is 2. The molecule has 5 nitrogen and oxygen atoms in total. The second-order valence-corrected chi connectivity index (χ2v) is 3.82. The van der Waals surface area contributed by atoms with Gasteiger partial charge in [-0.25, -0.2) is 0 Å². The number of aliphatic hydroxyl groups excluding tert-OH is 1. The summed E-state index contributed by atoms with van der Waals surface area (Å²) in [5.74, 6) is 1.16. The molecule has 0 atom stereocenters. The van der Waals surface area contributed by atoms with E-state index in [-0.39, 0.29) is 6.61 Å². The van der Waals surface area contributed by atoms with E-state index < -0.39 is 0 Å². The number of rotatable bonds is 5. The van der Waals surface area contributed by atoms with Crippen LogP contribution in [-0.2, 0) is 19.3 Å². The minimum Gasteiger partial charge on any atom is -0.399 e. The van der Waals surface area contributed by atoms with E-state index in [1.807, 2.05) is 24.3 Å². The SMILES string of the molecule is Nc1ccc(CCc2nc(CCO)no2)cc1. The second-order valence-electron chi connectivity index (χ2n) is 3.82. The number of anilines is 1. The Kier molecular flexibility index (Phi) is 3.72. The van der Waals surface area contributed by atoms with Crippen LogP contribution in [0.4, 0.5) is 5.69 Å². The van der Waals surface area contributed by atoms with Crippen LogP contribution in [0, 0.1) is 0 Å². The minimum absolute atomic E-state index is 0.0386. The van der Waals surface area contributed by atoms with Crippen molar-refractivity contribution in [2.24, 2.45) is 0 Å². The van der Waals surface area contributed by atoms with Gasteiger partial charge >= 0.3 is 0 Å². The first-order valence-corrected chi connectivity index (χ1v) is 5.54. The van der Waals surface area contributed by atoms with Crippen molar-refractivity contribution in [2.75, 3.05) is 12.3 Å². The van der Waals surface area contributed by atoms with E-state index in [0.29, 0.717) is 24.6 Å². The van der Waals surface area contributed by atoms with E-state index in [1.165, 1.54) is 5.56 Å². The van der Waals surface area contributed by atoms with Gasteiger partial charge in [0.05, 0.1) is 6.61 Å². The average Bonchev–Trinajstić information content (AvgIpc) is 2.77. The first-order chi connectivity index (χ1) is 8.28. The van der Waals surface area contributed by atoms with Gasteiger partial charge in [0.25, 0.3) is 0 Å². The van der Waals surface area contributed by atoms with Gasteiger partial charge in [-0.2, -0.15) is 4.98 Å². The van der Waals surface area contributed by atoms with E-state index >= 15 is 0 Å². The lowest BCUT2D eigenvalue weighted by Crippen LogP contribution is -1.95. The lowest BCUT2D eigenvalue weighted by Gasteiger charge is -1.98. The Morgan fingerprint density at radius 2 is 1.88 bits per heavy atom. The molecule has 17 heavy (non-hydrogen) atoms. The highest BCUT2D eigenvalue weighted by molar-refractivity contribution is 5.39. The number of aliphatic hydroxyl groups is 1. The van der Waals surface area contributed by atoms with E-state index in [2.05, 4.69) is 10.1 Å². The van der Waals surface area contributed by atoms with Crippen molar-refractivity contribution in [1.82, 2.24) is 10.1 Å². The van der Waals surface area contributed by atoms with Crippen molar-refractivity contribution in [3.05, 3.63) is 41.5 Å². The molecule has 0 saturated heterocycles. The Hall–Kier alpha value is -1.88. The number of nitrogen functional groups attached to an aromatic ring is 1. The zero-order valence-corrected chi connectivity index (χ0v) is 9.47. The van der Waals surface area contributed by atoms with Gasteiger partial charge in [0.1, 0.15) is 0 Å². The molecule has 1 aromatic heterocycles. The summed E-state index contributed by atoms with van der Waals surface area (Å²) in [6.45, 7) is 0.0386. The standard InChI is InChI=1S/C12H15N3O2/c13-10-4-1-9(2-5-10)3-6-12-14-11(7-8-16)15-17-12/h1-2,4-5,16H,3,6-8,13H2. The Bertz CT molecular complexity index is 465. The highest BCUT2D eigenvalue weighted by atomic mass is 16.5. The molecule has 0 amide bonds. The molecule has 0 unspecified atom stereocenters. The van der Waals surface area contributed by atoms with Crippen molar-refractivity contribution >= 4 is 5.69 Å². The van der Waals surface area contributed by atoms with Gasteiger partial charge in [0.15, 0.2) is 5.82 Å². The molecule has 2 rings (SSSR count). The van der Waals surface area contributed by atoms with Crippen LogP contribution in [-0.4, -0.2) is 21.9 Å². The molecule has 0 aliphatic rings. The number of nitrogens with zero attached hydrogens (tertiary/aromatic N) is 2. The zero-order chi connectivity index (χ0) is 12.1. The van der Waals surface area contributed by atoms with Gasteiger partial charge in [0.2, 0.25) is 5.89 Å². The van der Waals surface area contributed by atoms with Gasteiger partial charge in [0, 0.05) is 18.5 Å². The molecule has 0 spiro atoms. The van der Waals surface area contributed by atoms with Gasteiger partial charge in [-0.3, -0.25) is 0 Å². The van der Waals surface area contributed by atoms with Crippen LogP contribution in [0.5, 0.6) is 0 Å². The molecule has 0 aliphatic heterocycles. The quantitative estimate of drug-likeness (QED) is 0.752. The molecule has 90 valence electrons. The molecule has 1 aromatic carbocycles. The predicted molar refractivity (Wildman–Crippen MR) is 63.4 cm³/mol. The van der Waals surface area contributed by atoms with Crippen LogP contribution >= 0.6 is 0 Å². The first-order valence-electron chi connectivity index (χ1n) is 5.54. The van der Waals surface area contributed by atoms with Crippen LogP contribution < -0.4 is 5.73 Å². The summed E-state index contributed by atoms with van der Waals surface area (Å²) in [5.41, 5.74) is 7.55. The molecule has 2 aromatic rings. The predicted octanol–water partition coefficient (Wildman–Crippen LogP) is 0.972. The van der Waals surface area contributed by atoms with Gasteiger partial charge in [-0.05, 0) is 24.1 Å². The number of aromatic nitrogens is 2. The molecular formula is C12H15N3O2. The molecule has 0 radical (unpaired) electrons. The van der Waals surface area contributed by atoms with Gasteiger partial charge < -0.3 is 15.4 Å². The fourth-order valence-electron chi connectivity index (χ4n) is 1.53. The Morgan fingerprint density at radius 3 is 2.59 bits per heavy atom. The minimum atomic E-state index is 0.0386. The summed E-state index contributed by atoms with van der Waals surface area (Å²) in [6, 6.07) is 7.72. The topological polar surface area (TPSA) is 85.2 Å². The molecule has 0 saturated carbocycles. The van der Waals surface area contributed by atoms with E-state index in [9.17, 15) is 0 Å². The maximum Gasteiger partial charge on any atom is 0.226 e. The Labute approximate surface area is 99.3 Å². The lowest BCUT2D eigenvalue weighted by molar-refractivity contribution is 0.293. The summed E-state index contributed by atoms with van der Waals surface area (Å²) in [7, 11) is 0. The number of hydrogen-bond acceptors (Lipinski definition) is 5. The fraction of sp³-hybridized carbons (Fsp3) is 0.333. The molecule has 0 aliphatic carbocycles. The van der Waals surface area contributed by atoms with E-state index in [0.717, 1.165) is 12.1 Å². The highest BCUT2D eigenvalue weighted by Gasteiger charge is 2.05. The van der Waals surface area contributed by atoms with Crippen molar-refractivity contribution in [3.8, 4) is 0 Å². The summed E-state index contributed by atoms with van der Waals surface area (Å²) in [6.07, 6.45) is 1.97. The molecule has 0 bridgehead atoms. The maximum absolute atomic E-state index is 8.73. The number of aryl methyl sites for hydroxylation is 2. The Morgan fingerprint density at radius 1 is 1.12 bits per heavy atom. The molecule has 3 N–H and O–H groups in total. The normalized spacial score (nSPS) is 10.6. The van der Waals surface area contributed by atoms with E-state index in [4.69, 9.17) is 15.4 Å². The molecule has 0 fully saturated rings. The van der Waals surface area contributed by atoms with Crippen LogP contribution in [0.1, 0.15) is 17.3 Å². The summed E-state index contributed by atoms with van der Waals surface area (Å²) in [5, 5.41) is 12.5. The Balaban J connectivity index is 1.90. The summed E-state index contributed by atoms with van der Waals surface area (Å²) < 4.78 is 5.07. The highest BCUT2D eigenvalue weighted by Crippen LogP contribution is 2.09. The van der Waals surface area contributed by atoms with E-state index in [1.54, 1.807) is 0 Å². The van der Waals surface area contributed by atoms with Crippen molar-refractivity contribution < 1.29 is 9.63 Å². The van der Waals surface area contributed by atoms with Gasteiger partial charge in [-0.15, -0.1) is 0 Å². The maximum atomic E-state index is 8.73. The fourth-order valence-corrected chi connectivity index (χ4v) is 1.53. The van der Waals surface area contributed by atoms with Crippen molar-refractivity contribution in [2.45, 2.75) is 19.3 Å². The third-order valence-corrected chi connectivity index (χ3v) is 2.45. The van der Waals surface area contributed by atoms with Crippen LogP contribution in [0.15, 0.2) is 28.8 Å². The smallest absolute Gasteiger partial charge is 0.226 e. The van der Waals surface area contributed by atoms with Crippen LogP contribution in [0.25, 0.3) is 0 Å². The van der Waals surface area contributed by atoms with Crippen molar-refractivity contribution in [3.63, 3.8) is 0 Å². The molecular weight excluding hydrogens is 218 g/mol. The molecule has 1 heterocycles. The van der Waals surface area contributed by atoms with Gasteiger partial charge in [-0.1, -0.05) is 17.3 Å². The lowest BCUT2D eigenvalue weighted by atomic mass is 10.1. The largest absolute Gasteiger partial charge is 0.399 e. The second kappa shape index (κ2) is 5.45. The number of benzene rings is 1. The average molecular weight is 233 g/mol. The zero-order valence-electron chi connectivity index (χ0n) is 9.47.